The van der Waals surface area contributed by atoms with Gasteiger partial charge in [-0.15, -0.1) is 0 Å². The molecular formula is C20H18ClN3O2. The van der Waals surface area contributed by atoms with E-state index in [0.717, 1.165) is 41.2 Å². The van der Waals surface area contributed by atoms with E-state index < -0.39 is 0 Å². The second-order valence-electron chi connectivity index (χ2n) is 6.30. The van der Waals surface area contributed by atoms with E-state index in [4.69, 9.17) is 16.3 Å². The number of ether oxygens (including phenoxy) is 1. The van der Waals surface area contributed by atoms with Gasteiger partial charge in [0.2, 0.25) is 0 Å². The second-order valence-corrected chi connectivity index (χ2v) is 6.70. The van der Waals surface area contributed by atoms with Crippen molar-refractivity contribution in [3.8, 4) is 17.0 Å². The molecule has 0 spiro atoms. The molecule has 2 N–H and O–H groups in total. The molecule has 1 fully saturated rings. The zero-order valence-corrected chi connectivity index (χ0v) is 15.0. The van der Waals surface area contributed by atoms with Crippen LogP contribution in [0, 0.1) is 0 Å². The number of hydrogen-bond donors (Lipinski definition) is 2. The Morgan fingerprint density at radius 1 is 1.19 bits per heavy atom. The van der Waals surface area contributed by atoms with Crippen LogP contribution >= 0.6 is 11.6 Å². The molecule has 1 aliphatic rings. The van der Waals surface area contributed by atoms with Gasteiger partial charge in [-0.1, -0.05) is 23.7 Å². The lowest BCUT2D eigenvalue weighted by Crippen LogP contribution is -2.13. The van der Waals surface area contributed by atoms with Crippen LogP contribution in [0.3, 0.4) is 0 Å². The number of anilines is 1. The van der Waals surface area contributed by atoms with Gasteiger partial charge in [0.25, 0.3) is 5.91 Å². The van der Waals surface area contributed by atoms with Gasteiger partial charge >= 0.3 is 0 Å². The standard InChI is InChI=1S/C20H18ClN3O2/c1-26-14-10-8-13(9-11-14)18-19(17(23-24-18)12-6-7-12)22-20(25)15-4-2-3-5-16(15)21/h2-5,8-12H,6-7H2,1H3,(H,22,25)(H,23,24). The second kappa shape index (κ2) is 6.84. The van der Waals surface area contributed by atoms with E-state index in [2.05, 4.69) is 15.5 Å². The van der Waals surface area contributed by atoms with Crippen molar-refractivity contribution in [3.63, 3.8) is 0 Å². The minimum absolute atomic E-state index is 0.242. The summed E-state index contributed by atoms with van der Waals surface area (Å²) in [5.74, 6) is 0.943. The highest BCUT2D eigenvalue weighted by molar-refractivity contribution is 6.34. The number of benzene rings is 2. The van der Waals surface area contributed by atoms with E-state index in [-0.39, 0.29) is 5.91 Å². The highest BCUT2D eigenvalue weighted by Gasteiger charge is 2.31. The Labute approximate surface area is 156 Å². The van der Waals surface area contributed by atoms with Crippen molar-refractivity contribution in [2.24, 2.45) is 0 Å². The summed E-state index contributed by atoms with van der Waals surface area (Å²) in [5, 5.41) is 11.0. The molecule has 1 heterocycles. The summed E-state index contributed by atoms with van der Waals surface area (Å²) in [5.41, 5.74) is 3.76. The highest BCUT2D eigenvalue weighted by atomic mass is 35.5. The van der Waals surface area contributed by atoms with Gasteiger partial charge in [0, 0.05) is 11.5 Å². The van der Waals surface area contributed by atoms with E-state index in [1.54, 1.807) is 31.4 Å². The molecule has 3 aromatic rings. The van der Waals surface area contributed by atoms with Crippen LogP contribution in [0.15, 0.2) is 48.5 Å². The fourth-order valence-electron chi connectivity index (χ4n) is 2.93. The van der Waals surface area contributed by atoms with Gasteiger partial charge in [0.15, 0.2) is 0 Å². The zero-order valence-electron chi connectivity index (χ0n) is 14.3. The van der Waals surface area contributed by atoms with Crippen molar-refractivity contribution in [1.29, 1.82) is 0 Å². The Hall–Kier alpha value is -2.79. The first-order valence-electron chi connectivity index (χ1n) is 8.46. The first-order chi connectivity index (χ1) is 12.7. The van der Waals surface area contributed by atoms with Gasteiger partial charge in [-0.05, 0) is 49.2 Å². The molecule has 0 bridgehead atoms. The number of aromatic nitrogens is 2. The molecule has 1 saturated carbocycles. The molecule has 1 aliphatic carbocycles. The zero-order chi connectivity index (χ0) is 18.1. The predicted octanol–water partition coefficient (Wildman–Crippen LogP) is 4.87. The molecule has 0 aliphatic heterocycles. The van der Waals surface area contributed by atoms with E-state index in [1.807, 2.05) is 24.3 Å². The number of H-pyrrole nitrogens is 1. The number of halogens is 1. The fraction of sp³-hybridized carbons (Fsp3) is 0.200. The number of carbonyl (C=O) groups excluding carboxylic acids is 1. The number of hydrogen-bond acceptors (Lipinski definition) is 3. The third-order valence-corrected chi connectivity index (χ3v) is 4.83. The Morgan fingerprint density at radius 2 is 1.92 bits per heavy atom. The molecule has 6 heteroatoms. The van der Waals surface area contributed by atoms with Gasteiger partial charge in [-0.2, -0.15) is 5.10 Å². The number of amides is 1. The topological polar surface area (TPSA) is 67.0 Å². The van der Waals surface area contributed by atoms with E-state index in [9.17, 15) is 4.79 Å². The summed E-state index contributed by atoms with van der Waals surface area (Å²) in [4.78, 5) is 12.8. The molecular weight excluding hydrogens is 350 g/mol. The van der Waals surface area contributed by atoms with Gasteiger partial charge < -0.3 is 10.1 Å². The minimum Gasteiger partial charge on any atom is -0.497 e. The first-order valence-corrected chi connectivity index (χ1v) is 8.83. The van der Waals surface area contributed by atoms with Crippen molar-refractivity contribution in [2.75, 3.05) is 12.4 Å². The molecule has 0 unspecified atom stereocenters. The average molecular weight is 368 g/mol. The maximum Gasteiger partial charge on any atom is 0.257 e. The summed E-state index contributed by atoms with van der Waals surface area (Å²) < 4.78 is 5.21. The van der Waals surface area contributed by atoms with Crippen LogP contribution in [0.25, 0.3) is 11.3 Å². The van der Waals surface area contributed by atoms with Gasteiger partial charge in [-0.25, -0.2) is 0 Å². The van der Waals surface area contributed by atoms with Crippen LogP contribution < -0.4 is 10.1 Å². The number of rotatable bonds is 5. The molecule has 0 radical (unpaired) electrons. The maximum atomic E-state index is 12.8. The van der Waals surface area contributed by atoms with E-state index >= 15 is 0 Å². The third-order valence-electron chi connectivity index (χ3n) is 4.50. The summed E-state index contributed by atoms with van der Waals surface area (Å²) in [6.07, 6.45) is 2.19. The van der Waals surface area contributed by atoms with Gasteiger partial charge in [0.05, 0.1) is 29.1 Å². The van der Waals surface area contributed by atoms with E-state index in [1.165, 1.54) is 0 Å². The Kier molecular flexibility index (Phi) is 4.39. The molecule has 1 aromatic heterocycles. The number of nitrogens with one attached hydrogen (secondary N) is 2. The molecule has 0 atom stereocenters. The summed E-state index contributed by atoms with van der Waals surface area (Å²) in [6, 6.07) is 14.6. The monoisotopic (exact) mass is 367 g/mol. The normalized spacial score (nSPS) is 13.5. The largest absolute Gasteiger partial charge is 0.497 e. The Balaban J connectivity index is 1.70. The highest BCUT2D eigenvalue weighted by Crippen LogP contribution is 2.45. The SMILES string of the molecule is COc1ccc(-c2n[nH]c(C3CC3)c2NC(=O)c2ccccc2Cl)cc1. The van der Waals surface area contributed by atoms with Gasteiger partial charge in [0.1, 0.15) is 11.4 Å². The molecule has 26 heavy (non-hydrogen) atoms. The number of aromatic amines is 1. The molecule has 1 amide bonds. The van der Waals surface area contributed by atoms with Crippen molar-refractivity contribution in [2.45, 2.75) is 18.8 Å². The number of carbonyl (C=O) groups is 1. The van der Waals surface area contributed by atoms with Crippen LogP contribution in [-0.2, 0) is 0 Å². The molecule has 4 rings (SSSR count). The average Bonchev–Trinajstić information content (AvgIpc) is 3.43. The lowest BCUT2D eigenvalue weighted by Gasteiger charge is -2.10. The summed E-state index contributed by atoms with van der Waals surface area (Å²) in [7, 11) is 1.63. The van der Waals surface area contributed by atoms with Crippen molar-refractivity contribution < 1.29 is 9.53 Å². The fourth-order valence-corrected chi connectivity index (χ4v) is 3.15. The smallest absolute Gasteiger partial charge is 0.257 e. The van der Waals surface area contributed by atoms with Crippen LogP contribution in [-0.4, -0.2) is 23.2 Å². The quantitative estimate of drug-likeness (QED) is 0.676. The molecule has 2 aromatic carbocycles. The van der Waals surface area contributed by atoms with Crippen LogP contribution in [0.2, 0.25) is 5.02 Å². The van der Waals surface area contributed by atoms with E-state index in [0.29, 0.717) is 16.5 Å². The summed E-state index contributed by atoms with van der Waals surface area (Å²) in [6.45, 7) is 0. The van der Waals surface area contributed by atoms with Crippen LogP contribution in [0.5, 0.6) is 5.75 Å². The number of nitrogens with zero attached hydrogens (tertiary/aromatic N) is 1. The predicted molar refractivity (Wildman–Crippen MR) is 102 cm³/mol. The lowest BCUT2D eigenvalue weighted by molar-refractivity contribution is 0.102. The Morgan fingerprint density at radius 3 is 2.58 bits per heavy atom. The number of methoxy groups -OCH3 is 1. The Bertz CT molecular complexity index is 946. The lowest BCUT2D eigenvalue weighted by atomic mass is 10.1. The minimum atomic E-state index is -0.242. The van der Waals surface area contributed by atoms with Crippen molar-refractivity contribution in [1.82, 2.24) is 10.2 Å². The van der Waals surface area contributed by atoms with Crippen molar-refractivity contribution >= 4 is 23.2 Å². The maximum absolute atomic E-state index is 12.8. The van der Waals surface area contributed by atoms with Gasteiger partial charge in [-0.3, -0.25) is 9.89 Å². The van der Waals surface area contributed by atoms with Crippen LogP contribution in [0.1, 0.15) is 34.8 Å². The summed E-state index contributed by atoms with van der Waals surface area (Å²) >= 11 is 6.17. The molecule has 132 valence electrons. The van der Waals surface area contributed by atoms with Crippen molar-refractivity contribution in [3.05, 3.63) is 64.8 Å². The molecule has 0 saturated heterocycles. The van der Waals surface area contributed by atoms with Crippen LogP contribution in [0.4, 0.5) is 5.69 Å². The third kappa shape index (κ3) is 3.18. The first kappa shape index (κ1) is 16.7. The molecule has 5 nitrogen and oxygen atoms in total.